The fraction of sp³-hybridized carbons (Fsp3) is 0.250. The van der Waals surface area contributed by atoms with Crippen molar-refractivity contribution < 1.29 is 4.79 Å². The normalized spacial score (nSPS) is 10.1. The highest BCUT2D eigenvalue weighted by molar-refractivity contribution is 5.89. The summed E-state index contributed by atoms with van der Waals surface area (Å²) in [4.78, 5) is 18.0. The van der Waals surface area contributed by atoms with Crippen molar-refractivity contribution in [3.05, 3.63) is 59.9 Å². The predicted octanol–water partition coefficient (Wildman–Crippen LogP) is 3.10. The van der Waals surface area contributed by atoms with Crippen LogP contribution in [0.5, 0.6) is 0 Å². The highest BCUT2D eigenvalue weighted by atomic mass is 16.2. The van der Waals surface area contributed by atoms with E-state index in [1.807, 2.05) is 49.4 Å². The average Bonchev–Trinajstić information content (AvgIpc) is 2.46. The Hall–Kier alpha value is -2.36. The first kappa shape index (κ1) is 14.1. The molecule has 0 aliphatic carbocycles. The summed E-state index contributed by atoms with van der Waals surface area (Å²) >= 11 is 0. The Labute approximate surface area is 119 Å². The van der Waals surface area contributed by atoms with E-state index in [0.717, 1.165) is 23.4 Å². The van der Waals surface area contributed by atoms with Gasteiger partial charge in [0.15, 0.2) is 0 Å². The van der Waals surface area contributed by atoms with Gasteiger partial charge in [0.25, 0.3) is 0 Å². The third kappa shape index (κ3) is 4.09. The quantitative estimate of drug-likeness (QED) is 0.927. The minimum atomic E-state index is -0.105. The zero-order valence-electron chi connectivity index (χ0n) is 11.8. The molecule has 0 saturated heterocycles. The number of aromatic nitrogens is 1. The fourth-order valence-corrected chi connectivity index (χ4v) is 1.87. The molecule has 1 N–H and O–H groups in total. The minimum Gasteiger partial charge on any atom is -0.327 e. The van der Waals surface area contributed by atoms with Crippen molar-refractivity contribution in [2.75, 3.05) is 18.9 Å². The van der Waals surface area contributed by atoms with Crippen LogP contribution >= 0.6 is 0 Å². The van der Waals surface area contributed by atoms with Gasteiger partial charge >= 0.3 is 6.03 Å². The summed E-state index contributed by atoms with van der Waals surface area (Å²) in [5.41, 5.74) is 2.93. The number of amides is 2. The second-order valence-electron chi connectivity index (χ2n) is 4.79. The van der Waals surface area contributed by atoms with Gasteiger partial charge in [0.2, 0.25) is 0 Å². The first-order valence-corrected chi connectivity index (χ1v) is 6.64. The van der Waals surface area contributed by atoms with Gasteiger partial charge in [-0.2, -0.15) is 0 Å². The van der Waals surface area contributed by atoms with E-state index in [1.165, 1.54) is 0 Å². The molecule has 0 aliphatic rings. The molecule has 1 aromatic heterocycles. The van der Waals surface area contributed by atoms with Gasteiger partial charge in [0.05, 0.1) is 0 Å². The van der Waals surface area contributed by atoms with Crippen molar-refractivity contribution in [1.29, 1.82) is 0 Å². The number of likely N-dealkylation sites (N-methyl/N-ethyl adjacent to an activating group) is 1. The first-order chi connectivity index (χ1) is 9.65. The lowest BCUT2D eigenvalue weighted by Gasteiger charge is -2.17. The molecule has 4 nitrogen and oxygen atoms in total. The third-order valence-corrected chi connectivity index (χ3v) is 3.05. The summed E-state index contributed by atoms with van der Waals surface area (Å²) in [5, 5.41) is 2.89. The monoisotopic (exact) mass is 269 g/mol. The molecule has 2 rings (SSSR count). The minimum absolute atomic E-state index is 0.105. The van der Waals surface area contributed by atoms with Crippen molar-refractivity contribution in [2.24, 2.45) is 0 Å². The Balaban J connectivity index is 1.86. The standard InChI is InChI=1S/C16H19N3O/c1-13-6-5-8-15(12-13)18-16(20)19(2)11-9-14-7-3-4-10-17-14/h3-8,10,12H,9,11H2,1-2H3,(H,18,20). The molecule has 2 aromatic rings. The zero-order valence-corrected chi connectivity index (χ0v) is 11.8. The van der Waals surface area contributed by atoms with Crippen LogP contribution in [-0.4, -0.2) is 29.5 Å². The second-order valence-corrected chi connectivity index (χ2v) is 4.79. The maximum absolute atomic E-state index is 12.0. The Morgan fingerprint density at radius 3 is 2.80 bits per heavy atom. The van der Waals surface area contributed by atoms with E-state index < -0.39 is 0 Å². The van der Waals surface area contributed by atoms with Crippen LogP contribution < -0.4 is 5.32 Å². The molecule has 1 heterocycles. The third-order valence-electron chi connectivity index (χ3n) is 3.05. The van der Waals surface area contributed by atoms with Crippen LogP contribution in [0, 0.1) is 6.92 Å². The summed E-state index contributed by atoms with van der Waals surface area (Å²) in [6.07, 6.45) is 2.51. The molecule has 20 heavy (non-hydrogen) atoms. The zero-order chi connectivity index (χ0) is 14.4. The number of aryl methyl sites for hydroxylation is 1. The molecule has 0 unspecified atom stereocenters. The van der Waals surface area contributed by atoms with Gasteiger partial charge < -0.3 is 10.2 Å². The molecular weight excluding hydrogens is 250 g/mol. The lowest BCUT2D eigenvalue weighted by atomic mass is 10.2. The van der Waals surface area contributed by atoms with E-state index >= 15 is 0 Å². The lowest BCUT2D eigenvalue weighted by Crippen LogP contribution is -2.33. The topological polar surface area (TPSA) is 45.2 Å². The van der Waals surface area contributed by atoms with E-state index in [4.69, 9.17) is 0 Å². The number of nitrogens with zero attached hydrogens (tertiary/aromatic N) is 2. The van der Waals surface area contributed by atoms with Crippen LogP contribution in [-0.2, 0) is 6.42 Å². The summed E-state index contributed by atoms with van der Waals surface area (Å²) in [6.45, 7) is 2.63. The van der Waals surface area contributed by atoms with Gasteiger partial charge in [-0.3, -0.25) is 4.98 Å². The molecule has 0 aliphatic heterocycles. The van der Waals surface area contributed by atoms with Crippen LogP contribution in [0.4, 0.5) is 10.5 Å². The number of carbonyl (C=O) groups is 1. The van der Waals surface area contributed by atoms with E-state index in [9.17, 15) is 4.79 Å². The molecule has 0 fully saturated rings. The largest absolute Gasteiger partial charge is 0.327 e. The Morgan fingerprint density at radius 2 is 2.10 bits per heavy atom. The van der Waals surface area contributed by atoms with Gasteiger partial charge in [0, 0.05) is 37.6 Å². The SMILES string of the molecule is Cc1cccc(NC(=O)N(C)CCc2ccccn2)c1. The van der Waals surface area contributed by atoms with Gasteiger partial charge in [-0.15, -0.1) is 0 Å². The lowest BCUT2D eigenvalue weighted by molar-refractivity contribution is 0.223. The number of nitrogens with one attached hydrogen (secondary N) is 1. The summed E-state index contributed by atoms with van der Waals surface area (Å²) in [5.74, 6) is 0. The molecule has 0 radical (unpaired) electrons. The molecular formula is C16H19N3O. The average molecular weight is 269 g/mol. The Bertz CT molecular complexity index is 569. The second kappa shape index (κ2) is 6.70. The number of hydrogen-bond donors (Lipinski definition) is 1. The maximum atomic E-state index is 12.0. The van der Waals surface area contributed by atoms with Crippen LogP contribution in [0.2, 0.25) is 0 Å². The molecule has 2 amide bonds. The summed E-state index contributed by atoms with van der Waals surface area (Å²) < 4.78 is 0. The van der Waals surface area contributed by atoms with Crippen molar-refractivity contribution in [1.82, 2.24) is 9.88 Å². The molecule has 4 heteroatoms. The van der Waals surface area contributed by atoms with Crippen molar-refractivity contribution in [2.45, 2.75) is 13.3 Å². The highest BCUT2D eigenvalue weighted by Crippen LogP contribution is 2.10. The number of pyridine rings is 1. The fourth-order valence-electron chi connectivity index (χ4n) is 1.87. The van der Waals surface area contributed by atoms with Crippen LogP contribution in [0.15, 0.2) is 48.7 Å². The predicted molar refractivity (Wildman–Crippen MR) is 80.8 cm³/mol. The van der Waals surface area contributed by atoms with Gasteiger partial charge in [-0.1, -0.05) is 18.2 Å². The van der Waals surface area contributed by atoms with Gasteiger partial charge in [-0.05, 0) is 36.8 Å². The van der Waals surface area contributed by atoms with Gasteiger partial charge in [-0.25, -0.2) is 4.79 Å². The number of urea groups is 1. The summed E-state index contributed by atoms with van der Waals surface area (Å²) in [6, 6.07) is 13.5. The molecule has 0 saturated carbocycles. The Kier molecular flexibility index (Phi) is 4.71. The molecule has 1 aromatic carbocycles. The van der Waals surface area contributed by atoms with E-state index in [-0.39, 0.29) is 6.03 Å². The van der Waals surface area contributed by atoms with Crippen LogP contribution in [0.3, 0.4) is 0 Å². The van der Waals surface area contributed by atoms with E-state index in [1.54, 1.807) is 18.1 Å². The highest BCUT2D eigenvalue weighted by Gasteiger charge is 2.08. The smallest absolute Gasteiger partial charge is 0.321 e. The molecule has 0 bridgehead atoms. The molecule has 104 valence electrons. The van der Waals surface area contributed by atoms with E-state index in [2.05, 4.69) is 10.3 Å². The first-order valence-electron chi connectivity index (χ1n) is 6.64. The summed E-state index contributed by atoms with van der Waals surface area (Å²) in [7, 11) is 1.79. The van der Waals surface area contributed by atoms with Crippen LogP contribution in [0.25, 0.3) is 0 Å². The number of anilines is 1. The molecule has 0 spiro atoms. The maximum Gasteiger partial charge on any atom is 0.321 e. The number of hydrogen-bond acceptors (Lipinski definition) is 2. The Morgan fingerprint density at radius 1 is 1.25 bits per heavy atom. The number of carbonyl (C=O) groups excluding carboxylic acids is 1. The van der Waals surface area contributed by atoms with Gasteiger partial charge in [0.1, 0.15) is 0 Å². The van der Waals surface area contributed by atoms with Crippen molar-refractivity contribution >= 4 is 11.7 Å². The van der Waals surface area contributed by atoms with Crippen molar-refractivity contribution in [3.63, 3.8) is 0 Å². The number of benzene rings is 1. The van der Waals surface area contributed by atoms with Crippen molar-refractivity contribution in [3.8, 4) is 0 Å². The number of rotatable bonds is 4. The van der Waals surface area contributed by atoms with Crippen LogP contribution in [0.1, 0.15) is 11.3 Å². The molecule has 0 atom stereocenters. The van der Waals surface area contributed by atoms with E-state index in [0.29, 0.717) is 6.54 Å².